The van der Waals surface area contributed by atoms with E-state index < -0.39 is 48.7 Å². The van der Waals surface area contributed by atoms with Crippen molar-refractivity contribution in [3.8, 4) is 0 Å². The lowest BCUT2D eigenvalue weighted by atomic mass is 10.1. The van der Waals surface area contributed by atoms with Gasteiger partial charge in [-0.3, -0.25) is 0 Å². The molecule has 0 heterocycles. The maximum atomic E-state index is 10.3. The summed E-state index contributed by atoms with van der Waals surface area (Å²) in [5.41, 5.74) is -0.339. The first-order valence-electron chi connectivity index (χ1n) is 8.19. The Hall–Kier alpha value is -3.96. The van der Waals surface area contributed by atoms with Crippen molar-refractivity contribution in [1.82, 2.24) is 0 Å². The molecule has 0 unspecified atom stereocenters. The molecule has 1 rings (SSSR count). The molecule has 12 nitrogen and oxygen atoms in total. The van der Waals surface area contributed by atoms with Gasteiger partial charge in [-0.05, 0) is 55.7 Å². The maximum Gasteiger partial charge on any atom is 0.0715 e. The van der Waals surface area contributed by atoms with Crippen molar-refractivity contribution in [1.29, 1.82) is 0 Å². The predicted octanol–water partition coefficient (Wildman–Crippen LogP) is -6.27. The largest absolute Gasteiger partial charge is 0.550 e. The SMILES string of the molecule is O=C([O-])CCC(=O)[O-].O=C([O-])CCCCC(=O)[O-].O=C([O-])c1cccc(C(=O)[O-])c1. The summed E-state index contributed by atoms with van der Waals surface area (Å²) in [6.07, 6.45) is -0.405. The van der Waals surface area contributed by atoms with E-state index in [9.17, 15) is 59.4 Å². The number of rotatable bonds is 10. The van der Waals surface area contributed by atoms with Gasteiger partial charge in [0.25, 0.3) is 0 Å². The molecule has 12 heteroatoms. The van der Waals surface area contributed by atoms with Gasteiger partial charge in [-0.1, -0.05) is 18.2 Å². The molecule has 0 N–H and O–H groups in total. The molecule has 0 amide bonds. The number of hydrogen-bond acceptors (Lipinski definition) is 12. The normalized spacial score (nSPS) is 9.07. The quantitative estimate of drug-likeness (QED) is 0.318. The average Bonchev–Trinajstić information content (AvgIpc) is 2.64. The molecule has 0 aliphatic carbocycles. The van der Waals surface area contributed by atoms with Crippen LogP contribution >= 0.6 is 0 Å². The summed E-state index contributed by atoms with van der Waals surface area (Å²) < 4.78 is 0. The van der Waals surface area contributed by atoms with Crippen LogP contribution in [0.4, 0.5) is 0 Å². The molecule has 0 bridgehead atoms. The fraction of sp³-hybridized carbons (Fsp3) is 0.333. The zero-order chi connectivity index (χ0) is 23.7. The fourth-order valence-corrected chi connectivity index (χ4v) is 1.52. The molecule has 0 aliphatic rings. The molecule has 0 fully saturated rings. The van der Waals surface area contributed by atoms with Gasteiger partial charge in [0, 0.05) is 23.9 Å². The van der Waals surface area contributed by atoms with Crippen molar-refractivity contribution in [3.05, 3.63) is 35.4 Å². The zero-order valence-corrected chi connectivity index (χ0v) is 15.5. The smallest absolute Gasteiger partial charge is 0.0715 e. The highest BCUT2D eigenvalue weighted by Gasteiger charge is 1.96. The van der Waals surface area contributed by atoms with Gasteiger partial charge in [0.15, 0.2) is 0 Å². The Bertz CT molecular complexity index is 694. The predicted molar refractivity (Wildman–Crippen MR) is 82.8 cm³/mol. The number of aromatic carboxylic acids is 2. The molecule has 0 saturated carbocycles. The van der Waals surface area contributed by atoms with Crippen LogP contribution in [0.1, 0.15) is 59.2 Å². The molecular formula is C18H16O12-6. The first-order valence-corrected chi connectivity index (χ1v) is 8.19. The minimum absolute atomic E-state index is 0.0761. The molecule has 0 atom stereocenters. The molecule has 166 valence electrons. The van der Waals surface area contributed by atoms with Crippen molar-refractivity contribution in [2.45, 2.75) is 38.5 Å². The van der Waals surface area contributed by atoms with Crippen molar-refractivity contribution < 1.29 is 59.4 Å². The highest BCUT2D eigenvalue weighted by molar-refractivity contribution is 5.91. The van der Waals surface area contributed by atoms with Gasteiger partial charge < -0.3 is 59.4 Å². The van der Waals surface area contributed by atoms with Crippen molar-refractivity contribution >= 4 is 35.8 Å². The van der Waals surface area contributed by atoms with Crippen LogP contribution in [0.5, 0.6) is 0 Å². The van der Waals surface area contributed by atoms with Crippen LogP contribution in [0.25, 0.3) is 0 Å². The van der Waals surface area contributed by atoms with E-state index in [0.717, 1.165) is 6.07 Å². The number of benzene rings is 1. The summed E-state index contributed by atoms with van der Waals surface area (Å²) in [7, 11) is 0. The molecule has 1 aromatic carbocycles. The number of carbonyl (C=O) groups is 6. The lowest BCUT2D eigenvalue weighted by molar-refractivity contribution is -0.315. The van der Waals surface area contributed by atoms with Crippen LogP contribution in [0.15, 0.2) is 24.3 Å². The average molecular weight is 424 g/mol. The minimum Gasteiger partial charge on any atom is -0.550 e. The Morgan fingerprint density at radius 2 is 0.833 bits per heavy atom. The summed E-state index contributed by atoms with van der Waals surface area (Å²) in [6.45, 7) is 0. The third kappa shape index (κ3) is 18.8. The van der Waals surface area contributed by atoms with Gasteiger partial charge in [0.1, 0.15) is 0 Å². The Morgan fingerprint density at radius 1 is 0.533 bits per heavy atom. The lowest BCUT2D eigenvalue weighted by Gasteiger charge is -2.05. The Morgan fingerprint density at radius 3 is 1.07 bits per heavy atom. The number of unbranched alkanes of at least 4 members (excludes halogenated alkanes) is 1. The number of hydrogen-bond donors (Lipinski definition) is 0. The Balaban J connectivity index is 0. The first kappa shape index (κ1) is 28.3. The third-order valence-electron chi connectivity index (χ3n) is 2.88. The topological polar surface area (TPSA) is 241 Å². The number of carboxylic acids is 6. The van der Waals surface area contributed by atoms with Crippen molar-refractivity contribution in [2.24, 2.45) is 0 Å². The molecule has 0 aromatic heterocycles. The Labute approximate surface area is 170 Å². The van der Waals surface area contributed by atoms with Crippen molar-refractivity contribution in [2.75, 3.05) is 0 Å². The van der Waals surface area contributed by atoms with E-state index in [4.69, 9.17) is 0 Å². The van der Waals surface area contributed by atoms with Gasteiger partial charge in [-0.15, -0.1) is 0 Å². The van der Waals surface area contributed by atoms with Crippen LogP contribution in [0.2, 0.25) is 0 Å². The molecule has 0 aliphatic heterocycles. The first-order chi connectivity index (χ1) is 13.9. The van der Waals surface area contributed by atoms with Gasteiger partial charge in [-0.25, -0.2) is 0 Å². The highest BCUT2D eigenvalue weighted by Crippen LogP contribution is 2.02. The number of aliphatic carboxylic acids is 4. The van der Waals surface area contributed by atoms with Crippen molar-refractivity contribution in [3.63, 3.8) is 0 Å². The van der Waals surface area contributed by atoms with E-state index in [2.05, 4.69) is 0 Å². The summed E-state index contributed by atoms with van der Waals surface area (Å²) in [4.78, 5) is 59.0. The maximum absolute atomic E-state index is 10.3. The minimum atomic E-state index is -1.40. The van der Waals surface area contributed by atoms with E-state index in [1.165, 1.54) is 18.2 Å². The second-order valence-corrected chi connectivity index (χ2v) is 5.35. The zero-order valence-electron chi connectivity index (χ0n) is 15.5. The Kier molecular flexibility index (Phi) is 15.1. The molecule has 30 heavy (non-hydrogen) atoms. The van der Waals surface area contributed by atoms with Gasteiger partial charge in [0.05, 0.1) is 11.9 Å². The summed E-state index contributed by atoms with van der Waals surface area (Å²) in [6, 6.07) is 4.81. The number of carbonyl (C=O) groups excluding carboxylic acids is 6. The second kappa shape index (κ2) is 16.0. The van der Waals surface area contributed by atoms with Crippen LogP contribution in [0, 0.1) is 0 Å². The van der Waals surface area contributed by atoms with Crippen LogP contribution in [-0.4, -0.2) is 35.8 Å². The van der Waals surface area contributed by atoms with E-state index in [-0.39, 0.29) is 24.0 Å². The third-order valence-corrected chi connectivity index (χ3v) is 2.88. The van der Waals surface area contributed by atoms with E-state index in [0.29, 0.717) is 12.8 Å². The van der Waals surface area contributed by atoms with Gasteiger partial charge in [-0.2, -0.15) is 0 Å². The summed E-state index contributed by atoms with van der Waals surface area (Å²) >= 11 is 0. The summed E-state index contributed by atoms with van der Waals surface area (Å²) in [5, 5.41) is 59.0. The van der Waals surface area contributed by atoms with E-state index >= 15 is 0 Å². The van der Waals surface area contributed by atoms with Gasteiger partial charge in [0.2, 0.25) is 0 Å². The second-order valence-electron chi connectivity index (χ2n) is 5.35. The van der Waals surface area contributed by atoms with Crippen LogP contribution < -0.4 is 30.6 Å². The molecular weight excluding hydrogens is 408 g/mol. The summed E-state index contributed by atoms with van der Waals surface area (Å²) in [5.74, 6) is -7.82. The number of carboxylic acid groups (broad SMARTS) is 6. The lowest BCUT2D eigenvalue weighted by Crippen LogP contribution is -2.27. The molecule has 0 radical (unpaired) electrons. The van der Waals surface area contributed by atoms with Crippen LogP contribution in [0.3, 0.4) is 0 Å². The monoisotopic (exact) mass is 424 g/mol. The molecule has 0 spiro atoms. The van der Waals surface area contributed by atoms with E-state index in [1.807, 2.05) is 0 Å². The highest BCUT2D eigenvalue weighted by atomic mass is 16.4. The fourth-order valence-electron chi connectivity index (χ4n) is 1.52. The van der Waals surface area contributed by atoms with Crippen LogP contribution in [-0.2, 0) is 19.2 Å². The molecule has 0 saturated heterocycles. The van der Waals surface area contributed by atoms with Gasteiger partial charge >= 0.3 is 0 Å². The molecule has 1 aromatic rings. The van der Waals surface area contributed by atoms with E-state index in [1.54, 1.807) is 0 Å². The standard InChI is InChI=1S/C8H6O4.C6H10O4.C4H6O4/c9-7(10)5-2-1-3-6(4-5)8(11)12;7-5(8)3-1-2-4-6(9)10;5-3(6)1-2-4(7)8/h1-4H,(H,9,10)(H,11,12);1-4H2,(H,7,8)(H,9,10);1-2H2,(H,5,6)(H,7,8)/p-6.